The third-order valence-corrected chi connectivity index (χ3v) is 4.11. The average molecular weight is 285 g/mol. The van der Waals surface area contributed by atoms with Crippen LogP contribution in [0, 0.1) is 0 Å². The van der Waals surface area contributed by atoms with Crippen LogP contribution in [0.1, 0.15) is 19.3 Å². The van der Waals surface area contributed by atoms with Gasteiger partial charge >= 0.3 is 12.0 Å². The smallest absolute Gasteiger partial charge is 0.334 e. The molecular formula is C13H23N3O4. The SMILES string of the molecule is COC(CNC(=O)N1CCC(N2CCCC2)C1)C(=O)O. The number of nitrogens with zero attached hydrogens (tertiary/aromatic N) is 2. The Morgan fingerprint density at radius 2 is 2.05 bits per heavy atom. The minimum Gasteiger partial charge on any atom is -0.479 e. The second kappa shape index (κ2) is 6.90. The number of carbonyl (C=O) groups excluding carboxylic acids is 1. The number of likely N-dealkylation sites (tertiary alicyclic amines) is 2. The maximum absolute atomic E-state index is 12.0. The van der Waals surface area contributed by atoms with Crippen molar-refractivity contribution in [2.75, 3.05) is 39.8 Å². The highest BCUT2D eigenvalue weighted by atomic mass is 16.5. The number of hydrogen-bond donors (Lipinski definition) is 2. The van der Waals surface area contributed by atoms with Crippen LogP contribution in [-0.4, -0.2) is 78.9 Å². The van der Waals surface area contributed by atoms with Gasteiger partial charge < -0.3 is 20.1 Å². The van der Waals surface area contributed by atoms with Gasteiger partial charge in [0, 0.05) is 26.2 Å². The van der Waals surface area contributed by atoms with Gasteiger partial charge in [-0.1, -0.05) is 0 Å². The van der Waals surface area contributed by atoms with E-state index in [-0.39, 0.29) is 12.6 Å². The molecule has 7 nitrogen and oxygen atoms in total. The summed E-state index contributed by atoms with van der Waals surface area (Å²) in [6.07, 6.45) is 2.50. The van der Waals surface area contributed by atoms with Gasteiger partial charge in [-0.25, -0.2) is 9.59 Å². The lowest BCUT2D eigenvalue weighted by Crippen LogP contribution is -2.45. The van der Waals surface area contributed by atoms with Crippen LogP contribution in [-0.2, 0) is 9.53 Å². The van der Waals surface area contributed by atoms with Gasteiger partial charge in [-0.3, -0.25) is 4.90 Å². The summed E-state index contributed by atoms with van der Waals surface area (Å²) in [5, 5.41) is 11.5. The van der Waals surface area contributed by atoms with Crippen molar-refractivity contribution < 1.29 is 19.4 Å². The standard InChI is InChI=1S/C13H23N3O4/c1-20-11(12(17)18)8-14-13(19)16-7-4-10(9-16)15-5-2-3-6-15/h10-11H,2-9H2,1H3,(H,14,19)(H,17,18). The first-order chi connectivity index (χ1) is 9.61. The molecule has 2 N–H and O–H groups in total. The molecular weight excluding hydrogens is 262 g/mol. The van der Waals surface area contributed by atoms with Gasteiger partial charge in [0.25, 0.3) is 0 Å². The summed E-state index contributed by atoms with van der Waals surface area (Å²) >= 11 is 0. The molecule has 0 spiro atoms. The fourth-order valence-corrected chi connectivity index (χ4v) is 2.89. The molecule has 0 radical (unpaired) electrons. The summed E-state index contributed by atoms with van der Waals surface area (Å²) in [5.74, 6) is -1.07. The molecule has 2 saturated heterocycles. The molecule has 7 heteroatoms. The zero-order valence-electron chi connectivity index (χ0n) is 11.9. The van der Waals surface area contributed by atoms with Gasteiger partial charge in [0.05, 0.1) is 6.54 Å². The van der Waals surface area contributed by atoms with E-state index in [4.69, 9.17) is 9.84 Å². The lowest BCUT2D eigenvalue weighted by Gasteiger charge is -2.24. The van der Waals surface area contributed by atoms with Gasteiger partial charge in [-0.2, -0.15) is 0 Å². The number of rotatable bonds is 5. The number of aliphatic carboxylic acids is 1. The maximum Gasteiger partial charge on any atom is 0.334 e. The van der Waals surface area contributed by atoms with E-state index in [0.717, 1.165) is 32.6 Å². The molecule has 2 fully saturated rings. The fourth-order valence-electron chi connectivity index (χ4n) is 2.89. The van der Waals surface area contributed by atoms with Crippen LogP contribution >= 0.6 is 0 Å². The molecule has 0 aromatic rings. The number of methoxy groups -OCH3 is 1. The molecule has 2 aliphatic rings. The van der Waals surface area contributed by atoms with E-state index in [1.165, 1.54) is 20.0 Å². The largest absolute Gasteiger partial charge is 0.479 e. The normalized spacial score (nSPS) is 24.9. The summed E-state index contributed by atoms with van der Waals surface area (Å²) in [5.41, 5.74) is 0. The van der Waals surface area contributed by atoms with Gasteiger partial charge in [0.1, 0.15) is 0 Å². The Hall–Kier alpha value is -1.34. The van der Waals surface area contributed by atoms with Crippen molar-refractivity contribution in [2.45, 2.75) is 31.4 Å². The molecule has 0 aliphatic carbocycles. The van der Waals surface area contributed by atoms with Crippen molar-refractivity contribution in [3.63, 3.8) is 0 Å². The number of nitrogens with one attached hydrogen (secondary N) is 1. The van der Waals surface area contributed by atoms with E-state index in [0.29, 0.717) is 6.04 Å². The molecule has 0 bridgehead atoms. The zero-order chi connectivity index (χ0) is 14.5. The monoisotopic (exact) mass is 285 g/mol. The van der Waals surface area contributed by atoms with Gasteiger partial charge in [-0.15, -0.1) is 0 Å². The minimum absolute atomic E-state index is 0.00442. The van der Waals surface area contributed by atoms with Crippen molar-refractivity contribution in [1.82, 2.24) is 15.1 Å². The van der Waals surface area contributed by atoms with Crippen LogP contribution < -0.4 is 5.32 Å². The van der Waals surface area contributed by atoms with Crippen LogP contribution in [0.15, 0.2) is 0 Å². The van der Waals surface area contributed by atoms with Crippen molar-refractivity contribution in [3.05, 3.63) is 0 Å². The molecule has 114 valence electrons. The van der Waals surface area contributed by atoms with E-state index >= 15 is 0 Å². The Balaban J connectivity index is 1.75. The first kappa shape index (κ1) is 15.1. The van der Waals surface area contributed by atoms with Crippen LogP contribution in [0.25, 0.3) is 0 Å². The van der Waals surface area contributed by atoms with E-state index in [1.54, 1.807) is 4.90 Å². The van der Waals surface area contributed by atoms with E-state index in [9.17, 15) is 9.59 Å². The molecule has 2 rings (SSSR count). The third-order valence-electron chi connectivity index (χ3n) is 4.11. The van der Waals surface area contributed by atoms with Gasteiger partial charge in [-0.05, 0) is 32.4 Å². The van der Waals surface area contributed by atoms with Crippen molar-refractivity contribution in [1.29, 1.82) is 0 Å². The number of carboxylic acids is 1. The highest BCUT2D eigenvalue weighted by Gasteiger charge is 2.31. The maximum atomic E-state index is 12.0. The third kappa shape index (κ3) is 3.61. The molecule has 0 saturated carbocycles. The molecule has 20 heavy (non-hydrogen) atoms. The Labute approximate surface area is 118 Å². The first-order valence-corrected chi connectivity index (χ1v) is 7.14. The first-order valence-electron chi connectivity index (χ1n) is 7.14. The molecule has 0 aromatic heterocycles. The molecule has 0 aromatic carbocycles. The molecule has 2 amide bonds. The second-order valence-electron chi connectivity index (χ2n) is 5.38. The Kier molecular flexibility index (Phi) is 5.19. The number of carboxylic acid groups (broad SMARTS) is 1. The Morgan fingerprint density at radius 1 is 1.35 bits per heavy atom. The lowest BCUT2D eigenvalue weighted by atomic mass is 10.2. The summed E-state index contributed by atoms with van der Waals surface area (Å²) in [4.78, 5) is 27.0. The second-order valence-corrected chi connectivity index (χ2v) is 5.38. The zero-order valence-corrected chi connectivity index (χ0v) is 11.9. The van der Waals surface area contributed by atoms with Crippen molar-refractivity contribution in [3.8, 4) is 0 Å². The summed E-state index contributed by atoms with van der Waals surface area (Å²) in [6, 6.07) is 0.260. The quantitative estimate of drug-likeness (QED) is 0.741. The molecule has 2 aliphatic heterocycles. The highest BCUT2D eigenvalue weighted by molar-refractivity contribution is 5.77. The van der Waals surface area contributed by atoms with Crippen LogP contribution in [0.2, 0.25) is 0 Å². The predicted molar refractivity (Wildman–Crippen MR) is 72.6 cm³/mol. The molecule has 2 heterocycles. The van der Waals surface area contributed by atoms with Crippen LogP contribution in [0.5, 0.6) is 0 Å². The number of urea groups is 1. The van der Waals surface area contributed by atoms with Crippen LogP contribution in [0.4, 0.5) is 4.79 Å². The fraction of sp³-hybridized carbons (Fsp3) is 0.846. The predicted octanol–water partition coefficient (Wildman–Crippen LogP) is -0.0343. The van der Waals surface area contributed by atoms with Gasteiger partial charge in [0.2, 0.25) is 0 Å². The van der Waals surface area contributed by atoms with Crippen molar-refractivity contribution >= 4 is 12.0 Å². The number of carbonyl (C=O) groups is 2. The average Bonchev–Trinajstić information content (AvgIpc) is 3.09. The summed E-state index contributed by atoms with van der Waals surface area (Å²) in [6.45, 7) is 3.72. The van der Waals surface area contributed by atoms with E-state index < -0.39 is 12.1 Å². The highest BCUT2D eigenvalue weighted by Crippen LogP contribution is 2.20. The lowest BCUT2D eigenvalue weighted by molar-refractivity contribution is -0.148. The molecule has 2 atom stereocenters. The number of ether oxygens (including phenoxy) is 1. The number of amides is 2. The van der Waals surface area contributed by atoms with Crippen molar-refractivity contribution in [2.24, 2.45) is 0 Å². The summed E-state index contributed by atoms with van der Waals surface area (Å²) < 4.78 is 4.79. The minimum atomic E-state index is -1.07. The van der Waals surface area contributed by atoms with E-state index in [2.05, 4.69) is 10.2 Å². The van der Waals surface area contributed by atoms with Gasteiger partial charge in [0.15, 0.2) is 6.10 Å². The topological polar surface area (TPSA) is 82.1 Å². The Morgan fingerprint density at radius 3 is 2.65 bits per heavy atom. The summed E-state index contributed by atoms with van der Waals surface area (Å²) in [7, 11) is 1.32. The molecule has 2 unspecified atom stereocenters. The van der Waals surface area contributed by atoms with Crippen LogP contribution in [0.3, 0.4) is 0 Å². The Bertz CT molecular complexity index is 358. The number of hydrogen-bond acceptors (Lipinski definition) is 4. The van der Waals surface area contributed by atoms with E-state index in [1.807, 2.05) is 0 Å².